The summed E-state index contributed by atoms with van der Waals surface area (Å²) in [5.74, 6) is 1.59. The van der Waals surface area contributed by atoms with Crippen LogP contribution in [0.2, 0.25) is 0 Å². The summed E-state index contributed by atoms with van der Waals surface area (Å²) < 4.78 is 0. The number of benzene rings is 1. The Morgan fingerprint density at radius 2 is 2.16 bits per heavy atom. The third kappa shape index (κ3) is 2.71. The second kappa shape index (κ2) is 5.28. The molecule has 1 N–H and O–H groups in total. The number of amides is 1. The molecule has 1 aliphatic carbocycles. The van der Waals surface area contributed by atoms with E-state index in [1.54, 1.807) is 0 Å². The second-order valence-electron chi connectivity index (χ2n) is 5.87. The lowest BCUT2D eigenvalue weighted by molar-refractivity contribution is 0.0956. The standard InChI is InChI=1S/C16H20BrNO/c1-10(11-4-5-11)15(17)13-7-6-12-3-2-8-18-16(19)14(12)9-13/h6-7,9-11,15H,2-5,8H2,1H3,(H,18,19). The highest BCUT2D eigenvalue weighted by Gasteiger charge is 2.33. The summed E-state index contributed by atoms with van der Waals surface area (Å²) in [7, 11) is 0. The fourth-order valence-corrected chi connectivity index (χ4v) is 3.65. The molecule has 1 saturated carbocycles. The average molecular weight is 322 g/mol. The lowest BCUT2D eigenvalue weighted by atomic mass is 9.93. The Balaban J connectivity index is 1.89. The minimum atomic E-state index is 0.0909. The van der Waals surface area contributed by atoms with Gasteiger partial charge in [0.1, 0.15) is 0 Å². The first-order chi connectivity index (χ1) is 9.16. The van der Waals surface area contributed by atoms with E-state index in [9.17, 15) is 4.79 Å². The first-order valence-corrected chi connectivity index (χ1v) is 8.13. The van der Waals surface area contributed by atoms with Gasteiger partial charge in [0.2, 0.25) is 0 Å². The molecule has 0 spiro atoms. The number of alkyl halides is 1. The molecule has 0 saturated heterocycles. The Hall–Kier alpha value is -0.830. The van der Waals surface area contributed by atoms with E-state index >= 15 is 0 Å². The average Bonchev–Trinajstić information content (AvgIpc) is 3.25. The lowest BCUT2D eigenvalue weighted by Gasteiger charge is -2.19. The van der Waals surface area contributed by atoms with E-state index in [-0.39, 0.29) is 5.91 Å². The number of carbonyl (C=O) groups excluding carboxylic acids is 1. The molecule has 1 fully saturated rings. The number of halogens is 1. The molecule has 1 heterocycles. The zero-order valence-corrected chi connectivity index (χ0v) is 12.9. The Kier molecular flexibility index (Phi) is 3.66. The summed E-state index contributed by atoms with van der Waals surface area (Å²) in [6.07, 6.45) is 4.75. The van der Waals surface area contributed by atoms with E-state index in [0.29, 0.717) is 10.7 Å². The maximum Gasteiger partial charge on any atom is 0.251 e. The number of hydrogen-bond donors (Lipinski definition) is 1. The Labute approximate surface area is 123 Å². The summed E-state index contributed by atoms with van der Waals surface area (Å²) in [6, 6.07) is 6.42. The first-order valence-electron chi connectivity index (χ1n) is 7.22. The molecule has 3 heteroatoms. The molecule has 1 aromatic carbocycles. The van der Waals surface area contributed by atoms with Crippen LogP contribution >= 0.6 is 15.9 Å². The van der Waals surface area contributed by atoms with Gasteiger partial charge in [-0.2, -0.15) is 0 Å². The van der Waals surface area contributed by atoms with Crippen molar-refractivity contribution in [2.45, 2.75) is 37.4 Å². The molecule has 2 nitrogen and oxygen atoms in total. The van der Waals surface area contributed by atoms with Crippen LogP contribution in [0.1, 0.15) is 52.5 Å². The van der Waals surface area contributed by atoms with Gasteiger partial charge in [-0.15, -0.1) is 0 Å². The molecule has 3 rings (SSSR count). The SMILES string of the molecule is CC(C1CC1)C(Br)c1ccc2c(c1)C(=O)NCCC2. The fourth-order valence-electron chi connectivity index (χ4n) is 2.94. The zero-order valence-electron chi connectivity index (χ0n) is 11.3. The topological polar surface area (TPSA) is 29.1 Å². The molecule has 1 aromatic rings. The van der Waals surface area contributed by atoms with Crippen LogP contribution < -0.4 is 5.32 Å². The molecule has 0 bridgehead atoms. The normalized spacial score (nSPS) is 22.1. The molecule has 19 heavy (non-hydrogen) atoms. The number of rotatable bonds is 3. The Bertz CT molecular complexity index is 496. The van der Waals surface area contributed by atoms with E-state index < -0.39 is 0 Å². The highest BCUT2D eigenvalue weighted by molar-refractivity contribution is 9.09. The number of hydrogen-bond acceptors (Lipinski definition) is 1. The first kappa shape index (κ1) is 13.2. The molecule has 2 unspecified atom stereocenters. The summed E-state index contributed by atoms with van der Waals surface area (Å²) >= 11 is 3.83. The van der Waals surface area contributed by atoms with Crippen LogP contribution in [0.15, 0.2) is 18.2 Å². The van der Waals surface area contributed by atoms with E-state index in [4.69, 9.17) is 0 Å². The number of fused-ring (bicyclic) bond motifs is 1. The minimum Gasteiger partial charge on any atom is -0.352 e. The summed E-state index contributed by atoms with van der Waals surface area (Å²) in [5.41, 5.74) is 3.31. The molecule has 1 amide bonds. The van der Waals surface area contributed by atoms with Gasteiger partial charge in [0.05, 0.1) is 0 Å². The smallest absolute Gasteiger partial charge is 0.251 e. The highest BCUT2D eigenvalue weighted by atomic mass is 79.9. The Morgan fingerprint density at radius 3 is 2.89 bits per heavy atom. The summed E-state index contributed by atoms with van der Waals surface area (Å²) in [4.78, 5) is 12.4. The molecule has 0 aromatic heterocycles. The molecular formula is C16H20BrNO. The van der Waals surface area contributed by atoms with Crippen LogP contribution in [0.3, 0.4) is 0 Å². The lowest BCUT2D eigenvalue weighted by Crippen LogP contribution is -2.22. The van der Waals surface area contributed by atoms with Crippen molar-refractivity contribution in [2.24, 2.45) is 11.8 Å². The predicted octanol–water partition coefficient (Wildman–Crippen LogP) is 3.84. The van der Waals surface area contributed by atoms with Gasteiger partial charge in [-0.05, 0) is 54.7 Å². The third-order valence-electron chi connectivity index (χ3n) is 4.43. The summed E-state index contributed by atoms with van der Waals surface area (Å²) in [6.45, 7) is 3.10. The van der Waals surface area contributed by atoms with Crippen LogP contribution in [0.25, 0.3) is 0 Å². The zero-order chi connectivity index (χ0) is 13.4. The van der Waals surface area contributed by atoms with Gasteiger partial charge in [-0.1, -0.05) is 35.0 Å². The highest BCUT2D eigenvalue weighted by Crippen LogP contribution is 2.46. The summed E-state index contributed by atoms with van der Waals surface area (Å²) in [5, 5.41) is 2.98. The van der Waals surface area contributed by atoms with Crippen molar-refractivity contribution in [3.8, 4) is 0 Å². The number of aryl methyl sites for hydroxylation is 1. The fraction of sp³-hybridized carbons (Fsp3) is 0.562. The maximum absolute atomic E-state index is 12.1. The predicted molar refractivity (Wildman–Crippen MR) is 80.7 cm³/mol. The van der Waals surface area contributed by atoms with Gasteiger partial charge in [0.15, 0.2) is 0 Å². The van der Waals surface area contributed by atoms with Crippen molar-refractivity contribution in [1.82, 2.24) is 5.32 Å². The van der Waals surface area contributed by atoms with Crippen molar-refractivity contribution in [3.63, 3.8) is 0 Å². The van der Waals surface area contributed by atoms with Crippen LogP contribution in [-0.2, 0) is 6.42 Å². The molecular weight excluding hydrogens is 302 g/mol. The maximum atomic E-state index is 12.1. The third-order valence-corrected chi connectivity index (χ3v) is 5.80. The van der Waals surface area contributed by atoms with Crippen molar-refractivity contribution >= 4 is 21.8 Å². The van der Waals surface area contributed by atoms with Gasteiger partial charge in [0, 0.05) is 16.9 Å². The van der Waals surface area contributed by atoms with Gasteiger partial charge in [-0.3, -0.25) is 4.79 Å². The van der Waals surface area contributed by atoms with Crippen LogP contribution in [0.5, 0.6) is 0 Å². The van der Waals surface area contributed by atoms with E-state index in [1.165, 1.54) is 24.0 Å². The van der Waals surface area contributed by atoms with Gasteiger partial charge >= 0.3 is 0 Å². The van der Waals surface area contributed by atoms with E-state index in [2.05, 4.69) is 46.4 Å². The molecule has 2 aliphatic rings. The molecule has 0 radical (unpaired) electrons. The Morgan fingerprint density at radius 1 is 1.37 bits per heavy atom. The molecule has 2 atom stereocenters. The van der Waals surface area contributed by atoms with Crippen LogP contribution in [-0.4, -0.2) is 12.5 Å². The van der Waals surface area contributed by atoms with Gasteiger partial charge < -0.3 is 5.32 Å². The van der Waals surface area contributed by atoms with Crippen molar-refractivity contribution in [2.75, 3.05) is 6.54 Å². The molecule has 1 aliphatic heterocycles. The van der Waals surface area contributed by atoms with Crippen LogP contribution in [0.4, 0.5) is 0 Å². The van der Waals surface area contributed by atoms with Crippen molar-refractivity contribution in [3.05, 3.63) is 34.9 Å². The number of nitrogens with one attached hydrogen (secondary N) is 1. The van der Waals surface area contributed by atoms with Gasteiger partial charge in [-0.25, -0.2) is 0 Å². The van der Waals surface area contributed by atoms with E-state index in [1.807, 2.05) is 0 Å². The monoisotopic (exact) mass is 321 g/mol. The number of carbonyl (C=O) groups is 1. The van der Waals surface area contributed by atoms with E-state index in [0.717, 1.165) is 30.9 Å². The largest absolute Gasteiger partial charge is 0.352 e. The molecule has 102 valence electrons. The van der Waals surface area contributed by atoms with Crippen molar-refractivity contribution < 1.29 is 4.79 Å². The van der Waals surface area contributed by atoms with Crippen molar-refractivity contribution in [1.29, 1.82) is 0 Å². The van der Waals surface area contributed by atoms with Crippen LogP contribution in [0, 0.1) is 11.8 Å². The second-order valence-corrected chi connectivity index (χ2v) is 6.86. The van der Waals surface area contributed by atoms with Gasteiger partial charge in [0.25, 0.3) is 5.91 Å². The minimum absolute atomic E-state index is 0.0909. The quantitative estimate of drug-likeness (QED) is 0.842.